The van der Waals surface area contributed by atoms with Crippen LogP contribution in [0.1, 0.15) is 273 Å². The maximum absolute atomic E-state index is 4.97. The van der Waals surface area contributed by atoms with Crippen molar-refractivity contribution in [3.8, 4) is 0 Å². The third-order valence-electron chi connectivity index (χ3n) is 1.70. The van der Waals surface area contributed by atoms with Gasteiger partial charge in [0.1, 0.15) is 0 Å². The number of hydrogen-bond donors (Lipinski definition) is 0. The standard InChI is InChI=1S/C6H10.8C5H12.2C5H8.3C4H6.2C3H4.CH3.2W.8Y/c1-3-5-6-4-2;8*1-5(2,3)4;2*1-3-5-4-2;3*1-3-4-2;2*1-3-2;;;;;;;;;;;/h5-6H,1-4H2;8*1-4H3;3,5H,1-2,4H2;1,3H,2,4-5H2;3*1,3H,2,4H2;2*1,3H,2H2;1H3;;;;;;;;;;/q-2;;;;;;;;;7*-2;-1;;+2;;;;;;;;. The van der Waals surface area contributed by atoms with Crippen molar-refractivity contribution in [2.24, 2.45) is 43.3 Å². The van der Waals surface area contributed by atoms with Crippen LogP contribution in [0.4, 0.5) is 0 Å². The minimum absolute atomic E-state index is 0. The molecule has 502 valence electrons. The van der Waals surface area contributed by atoms with Crippen LogP contribution < -0.4 is 0 Å². The van der Waals surface area contributed by atoms with E-state index in [-0.39, 0.29) is 311 Å². The quantitative estimate of drug-likeness (QED) is 0.168. The molecule has 0 aliphatic rings. The van der Waals surface area contributed by atoms with Gasteiger partial charge in [-0.3, -0.25) is 12.2 Å². The molecule has 0 saturated carbocycles. The summed E-state index contributed by atoms with van der Waals surface area (Å²) in [7, 11) is 0. The van der Waals surface area contributed by atoms with Crippen LogP contribution in [-0.4, -0.2) is 0 Å². The van der Waals surface area contributed by atoms with E-state index in [1.165, 1.54) is 30.4 Å². The summed E-state index contributed by atoms with van der Waals surface area (Å²) in [6.45, 7) is 133. The number of allylic oxidation sites excluding steroid dienone is 10. The van der Waals surface area contributed by atoms with Crippen molar-refractivity contribution < 1.29 is 304 Å². The summed E-state index contributed by atoms with van der Waals surface area (Å²) in [4.78, 5) is 0. The Morgan fingerprint density at radius 3 is 0.365 bits per heavy atom. The van der Waals surface area contributed by atoms with Crippen molar-refractivity contribution in [3.05, 3.63) is 177 Å². The van der Waals surface area contributed by atoms with Gasteiger partial charge in [0.15, 0.2) is 0 Å². The van der Waals surface area contributed by atoms with Crippen molar-refractivity contribution in [2.45, 2.75) is 273 Å². The molecule has 0 aliphatic carbocycles. The third-order valence-corrected chi connectivity index (χ3v) is 1.70. The van der Waals surface area contributed by atoms with Crippen LogP contribution in [0.25, 0.3) is 0 Å². The summed E-state index contributed by atoms with van der Waals surface area (Å²) in [5, 5.41) is 0. The molecular formula is C75H151W2Y8-15. The topological polar surface area (TPSA) is 0 Å². The zero-order valence-corrected chi connectivity index (χ0v) is 93.0. The first-order valence-electron chi connectivity index (χ1n) is 26.7. The molecule has 8 radical (unpaired) electrons. The van der Waals surface area contributed by atoms with Gasteiger partial charge in [-0.15, -0.1) is 12.2 Å². The smallest absolute Gasteiger partial charge is 0.549 e. The second-order valence-corrected chi connectivity index (χ2v) is 28.7. The van der Waals surface area contributed by atoms with Gasteiger partial charge >= 0.3 is 21.1 Å². The minimum atomic E-state index is 0. The summed E-state index contributed by atoms with van der Waals surface area (Å²) in [5.41, 5.74) is 4.00. The van der Waals surface area contributed by atoms with Gasteiger partial charge in [0.05, 0.1) is 0 Å². The van der Waals surface area contributed by atoms with E-state index in [2.05, 4.69) is 304 Å². The third kappa shape index (κ3) is 2350. The molecule has 85 heavy (non-hydrogen) atoms. The van der Waals surface area contributed by atoms with Crippen LogP contribution >= 0.6 is 0 Å². The van der Waals surface area contributed by atoms with Gasteiger partial charge in [-0.1, -0.05) is 228 Å². The second-order valence-electron chi connectivity index (χ2n) is 28.7. The normalized spacial score (nSPS) is 8.55. The Kier molecular flexibility index (Phi) is 295. The predicted octanol–water partition coefficient (Wildman–Crippen LogP) is 27.2. The molecule has 0 amide bonds. The molecule has 10 heteroatoms. The molecule has 0 bridgehead atoms. The van der Waals surface area contributed by atoms with E-state index >= 15 is 0 Å². The van der Waals surface area contributed by atoms with Gasteiger partial charge in [0.2, 0.25) is 0 Å². The molecule has 0 unspecified atom stereocenters. The maximum atomic E-state index is 4.97. The van der Waals surface area contributed by atoms with E-state index in [0.29, 0.717) is 43.3 Å². The van der Waals surface area contributed by atoms with Crippen LogP contribution in [-0.2, 0) is 304 Å². The molecule has 0 rings (SSSR count). The first kappa shape index (κ1) is 181. The minimum Gasteiger partial charge on any atom is -0.549 e. The van der Waals surface area contributed by atoms with Gasteiger partial charge in [-0.25, -0.2) is 19.4 Å². The van der Waals surface area contributed by atoms with Crippen molar-refractivity contribution in [2.75, 3.05) is 0 Å². The summed E-state index contributed by atoms with van der Waals surface area (Å²) < 4.78 is 0. The summed E-state index contributed by atoms with van der Waals surface area (Å²) in [5.74, 6) is 0. The molecule has 0 spiro atoms. The van der Waals surface area contributed by atoms with Crippen LogP contribution in [0, 0.1) is 159 Å². The Bertz CT molecular complexity index is 806. The van der Waals surface area contributed by atoms with E-state index in [1.807, 2.05) is 18.2 Å². The monoisotopic (exact) mass is 2130 g/mol. The van der Waals surface area contributed by atoms with Crippen LogP contribution in [0.3, 0.4) is 0 Å². The van der Waals surface area contributed by atoms with Crippen molar-refractivity contribution >= 4 is 0 Å². The second kappa shape index (κ2) is 139. The molecular weight excluding hydrogens is 1980 g/mol. The molecule has 0 nitrogen and oxygen atoms in total. The van der Waals surface area contributed by atoms with Crippen LogP contribution in [0.2, 0.25) is 0 Å². The Labute approximate surface area is 782 Å². The molecule has 0 fully saturated rings. The van der Waals surface area contributed by atoms with E-state index in [9.17, 15) is 0 Å². The molecule has 0 aromatic rings. The molecule has 0 saturated heterocycles. The summed E-state index contributed by atoms with van der Waals surface area (Å²) in [6.07, 6.45) is 22.9. The van der Waals surface area contributed by atoms with Crippen molar-refractivity contribution in [1.82, 2.24) is 0 Å². The average molecular weight is 2130 g/mol. The van der Waals surface area contributed by atoms with Gasteiger partial charge in [0, 0.05) is 283 Å². The van der Waals surface area contributed by atoms with E-state index in [1.54, 1.807) is 12.2 Å². The van der Waals surface area contributed by atoms with Crippen LogP contribution in [0.5, 0.6) is 0 Å². The summed E-state index contributed by atoms with van der Waals surface area (Å²) >= 11 is 0. The fourth-order valence-electron chi connectivity index (χ4n) is 0.471. The Morgan fingerprint density at radius 2 is 0.353 bits per heavy atom. The molecule has 0 aromatic heterocycles. The SMILES string of the molecule is CC(C)(C)C.CC(C)(C)C.CC(C)(C)C.CC(C)(C)C.CC(C)(C)C.CC(C)(C)C.CC(C)(C)C.CC(C)(C)C.[CH-]=CCC[CH2-].[CH-]=CC[CH2-].[CH-]=CC[CH2-].[CH-]=CC[CH2-].[CH-]=C[CH2-].[CH-]=C[CH2-].[CH2-]C=CC[CH2-].[CH2-]CC=CC[CH2-].[CH3-].[W+2].[W].[Y].[Y].[Y].[Y].[Y].[Y].[Y].[Y]. The molecule has 0 atom stereocenters. The van der Waals surface area contributed by atoms with Crippen molar-refractivity contribution in [1.29, 1.82) is 0 Å². The first-order valence-corrected chi connectivity index (χ1v) is 26.7. The van der Waals surface area contributed by atoms with E-state index < -0.39 is 0 Å². The molecule has 0 heterocycles. The Hall–Kier alpha value is 7.74. The van der Waals surface area contributed by atoms with Gasteiger partial charge < -0.3 is 140 Å². The Morgan fingerprint density at radius 1 is 0.259 bits per heavy atom. The average Bonchev–Trinajstić information content (AvgIpc) is 3.11. The fourth-order valence-corrected chi connectivity index (χ4v) is 0.471. The van der Waals surface area contributed by atoms with Crippen molar-refractivity contribution in [3.63, 3.8) is 0 Å². The van der Waals surface area contributed by atoms with Gasteiger partial charge in [-0.2, -0.15) is 38.5 Å². The number of hydrogen-bond acceptors (Lipinski definition) is 0. The molecule has 0 N–H and O–H groups in total. The number of rotatable bonds is 8. The van der Waals surface area contributed by atoms with Gasteiger partial charge in [-0.05, 0) is 43.3 Å². The predicted molar refractivity (Wildman–Crippen MR) is 369 cm³/mol. The maximum Gasteiger partial charge on any atom is 2.00 e. The Balaban J connectivity index is -0.0000000168. The molecule has 0 aromatic carbocycles. The zero-order valence-electron chi connectivity index (χ0n) is 64.4. The summed E-state index contributed by atoms with van der Waals surface area (Å²) in [6, 6.07) is 0. The first-order chi connectivity index (χ1) is 32.3. The van der Waals surface area contributed by atoms with E-state index in [0.717, 1.165) is 51.4 Å². The fraction of sp³-hybridized carbons (Fsp3) is 0.640. The number of unbranched alkanes of at least 4 members (excludes halogenated alkanes) is 1. The zero-order chi connectivity index (χ0) is 64.7. The largest absolute Gasteiger partial charge is 2.00 e. The van der Waals surface area contributed by atoms with Gasteiger partial charge in [0.25, 0.3) is 0 Å². The van der Waals surface area contributed by atoms with E-state index in [4.69, 9.17) is 26.3 Å². The van der Waals surface area contributed by atoms with Crippen LogP contribution in [0.15, 0.2) is 60.8 Å². The molecule has 0 aliphatic heterocycles.